The van der Waals surface area contributed by atoms with E-state index in [1.807, 2.05) is 24.3 Å². The maximum Gasteiger partial charge on any atom is 0.262 e. The molecule has 1 N–H and O–H groups in total. The first kappa shape index (κ1) is 18.8. The molecule has 0 saturated heterocycles. The lowest BCUT2D eigenvalue weighted by Gasteiger charge is -2.09. The number of anilines is 1. The summed E-state index contributed by atoms with van der Waals surface area (Å²) >= 11 is 11.8. The smallest absolute Gasteiger partial charge is 0.262 e. The molecule has 0 fully saturated rings. The summed E-state index contributed by atoms with van der Waals surface area (Å²) < 4.78 is 5.51. The van der Waals surface area contributed by atoms with Crippen molar-refractivity contribution in [3.05, 3.63) is 82.3 Å². The van der Waals surface area contributed by atoms with E-state index in [1.54, 1.807) is 42.5 Å². The molecule has 0 heterocycles. The number of hydrogen-bond acceptors (Lipinski definition) is 3. The van der Waals surface area contributed by atoms with Crippen molar-refractivity contribution in [2.45, 2.75) is 0 Å². The van der Waals surface area contributed by atoms with Gasteiger partial charge in [-0.2, -0.15) is 5.26 Å². The van der Waals surface area contributed by atoms with Crippen molar-refractivity contribution in [1.29, 1.82) is 5.26 Å². The van der Waals surface area contributed by atoms with Crippen LogP contribution in [0.4, 0.5) is 5.69 Å². The summed E-state index contributed by atoms with van der Waals surface area (Å²) in [4.78, 5) is 12.0. The van der Waals surface area contributed by atoms with Gasteiger partial charge in [-0.05, 0) is 53.6 Å². The van der Waals surface area contributed by atoms with Crippen LogP contribution in [-0.4, -0.2) is 12.5 Å². The molecule has 134 valence electrons. The molecular formula is C21H14Cl2N2O2. The number of nitrogens with zero attached hydrogens (tertiary/aromatic N) is 1. The van der Waals surface area contributed by atoms with E-state index in [4.69, 9.17) is 33.2 Å². The first-order valence-corrected chi connectivity index (χ1v) is 8.79. The van der Waals surface area contributed by atoms with E-state index in [9.17, 15) is 4.79 Å². The molecule has 0 radical (unpaired) electrons. The lowest BCUT2D eigenvalue weighted by Crippen LogP contribution is -2.20. The monoisotopic (exact) mass is 396 g/mol. The summed E-state index contributed by atoms with van der Waals surface area (Å²) in [7, 11) is 0. The average Bonchev–Trinajstić information content (AvgIpc) is 2.70. The van der Waals surface area contributed by atoms with Gasteiger partial charge in [-0.3, -0.25) is 4.79 Å². The van der Waals surface area contributed by atoms with Gasteiger partial charge in [0.05, 0.1) is 21.7 Å². The Labute approximate surface area is 166 Å². The number of rotatable bonds is 5. The van der Waals surface area contributed by atoms with Crippen molar-refractivity contribution >= 4 is 34.8 Å². The van der Waals surface area contributed by atoms with Crippen LogP contribution in [0.25, 0.3) is 11.1 Å². The quantitative estimate of drug-likeness (QED) is 0.614. The average molecular weight is 397 g/mol. The normalized spacial score (nSPS) is 10.1. The van der Waals surface area contributed by atoms with Crippen LogP contribution in [-0.2, 0) is 4.79 Å². The van der Waals surface area contributed by atoms with Crippen molar-refractivity contribution in [3.63, 3.8) is 0 Å². The zero-order chi connectivity index (χ0) is 19.2. The first-order valence-electron chi connectivity index (χ1n) is 8.03. The lowest BCUT2D eigenvalue weighted by atomic mass is 10.0. The Bertz CT molecular complexity index is 994. The molecule has 0 atom stereocenters. The number of benzene rings is 3. The molecule has 3 aromatic rings. The minimum absolute atomic E-state index is 0.129. The Hall–Kier alpha value is -3.00. The van der Waals surface area contributed by atoms with Gasteiger partial charge in [0.15, 0.2) is 6.61 Å². The number of nitriles is 1. The van der Waals surface area contributed by atoms with Crippen molar-refractivity contribution in [2.24, 2.45) is 0 Å². The Balaban J connectivity index is 1.57. The molecule has 0 aliphatic carbocycles. The van der Waals surface area contributed by atoms with Crippen molar-refractivity contribution in [1.82, 2.24) is 0 Å². The molecule has 6 heteroatoms. The third kappa shape index (κ3) is 5.01. The second-order valence-corrected chi connectivity index (χ2v) is 6.49. The highest BCUT2D eigenvalue weighted by molar-refractivity contribution is 6.42. The van der Waals surface area contributed by atoms with E-state index in [-0.39, 0.29) is 12.5 Å². The van der Waals surface area contributed by atoms with E-state index in [0.29, 0.717) is 27.0 Å². The summed E-state index contributed by atoms with van der Waals surface area (Å²) in [6.07, 6.45) is 0. The van der Waals surface area contributed by atoms with Gasteiger partial charge >= 0.3 is 0 Å². The number of nitrogens with one attached hydrogen (secondary N) is 1. The molecule has 0 unspecified atom stereocenters. The third-order valence-corrected chi connectivity index (χ3v) is 4.51. The van der Waals surface area contributed by atoms with Gasteiger partial charge in [0.1, 0.15) is 5.75 Å². The third-order valence-electron chi connectivity index (χ3n) is 3.77. The molecule has 0 bridgehead atoms. The lowest BCUT2D eigenvalue weighted by molar-refractivity contribution is -0.118. The van der Waals surface area contributed by atoms with Crippen LogP contribution in [0.2, 0.25) is 10.0 Å². The largest absolute Gasteiger partial charge is 0.484 e. The zero-order valence-corrected chi connectivity index (χ0v) is 15.6. The summed E-state index contributed by atoms with van der Waals surface area (Å²) in [5.41, 5.74) is 3.16. The van der Waals surface area contributed by atoms with Gasteiger partial charge in [0, 0.05) is 5.69 Å². The number of ether oxygens (including phenoxy) is 1. The Kier molecular flexibility index (Phi) is 5.97. The van der Waals surface area contributed by atoms with E-state index < -0.39 is 0 Å². The second kappa shape index (κ2) is 8.59. The summed E-state index contributed by atoms with van der Waals surface area (Å²) in [5.74, 6) is 0.279. The summed E-state index contributed by atoms with van der Waals surface area (Å²) in [5, 5.41) is 12.3. The molecule has 1 amide bonds. The van der Waals surface area contributed by atoms with E-state index in [1.165, 1.54) is 0 Å². The molecule has 0 spiro atoms. The van der Waals surface area contributed by atoms with Crippen LogP contribution in [0.3, 0.4) is 0 Å². The van der Waals surface area contributed by atoms with Crippen molar-refractivity contribution in [3.8, 4) is 22.9 Å². The van der Waals surface area contributed by atoms with Crippen LogP contribution in [0, 0.1) is 11.3 Å². The summed E-state index contributed by atoms with van der Waals surface area (Å²) in [6.45, 7) is -0.129. The predicted molar refractivity (Wildman–Crippen MR) is 107 cm³/mol. The van der Waals surface area contributed by atoms with Crippen LogP contribution < -0.4 is 10.1 Å². The van der Waals surface area contributed by atoms with Crippen LogP contribution in [0.1, 0.15) is 5.56 Å². The van der Waals surface area contributed by atoms with Gasteiger partial charge in [-0.25, -0.2) is 0 Å². The van der Waals surface area contributed by atoms with Crippen LogP contribution >= 0.6 is 23.2 Å². The van der Waals surface area contributed by atoms with E-state index in [2.05, 4.69) is 11.4 Å². The highest BCUT2D eigenvalue weighted by Gasteiger charge is 2.06. The fourth-order valence-electron chi connectivity index (χ4n) is 2.40. The van der Waals surface area contributed by atoms with Gasteiger partial charge in [-0.15, -0.1) is 0 Å². The van der Waals surface area contributed by atoms with Gasteiger partial charge in [0.25, 0.3) is 5.91 Å². The number of amides is 1. The molecule has 27 heavy (non-hydrogen) atoms. The van der Waals surface area contributed by atoms with Gasteiger partial charge in [-0.1, -0.05) is 47.5 Å². The minimum atomic E-state index is -0.301. The minimum Gasteiger partial charge on any atom is -0.484 e. The SMILES string of the molecule is N#Cc1ccc(-c2ccc(OCC(=O)Nc3ccc(Cl)c(Cl)c3)cc2)cc1. The van der Waals surface area contributed by atoms with Crippen LogP contribution in [0.15, 0.2) is 66.7 Å². The zero-order valence-electron chi connectivity index (χ0n) is 14.1. The first-order chi connectivity index (χ1) is 13.0. The molecule has 3 rings (SSSR count). The van der Waals surface area contributed by atoms with Crippen molar-refractivity contribution < 1.29 is 9.53 Å². The Morgan fingerprint density at radius 2 is 1.56 bits per heavy atom. The number of hydrogen-bond donors (Lipinski definition) is 1. The molecule has 0 aliphatic heterocycles. The van der Waals surface area contributed by atoms with Crippen molar-refractivity contribution in [2.75, 3.05) is 11.9 Å². The molecule has 0 aliphatic rings. The number of carbonyl (C=O) groups excluding carboxylic acids is 1. The Morgan fingerprint density at radius 1 is 0.926 bits per heavy atom. The number of carbonyl (C=O) groups is 1. The van der Waals surface area contributed by atoms with E-state index >= 15 is 0 Å². The predicted octanol–water partition coefficient (Wildman–Crippen LogP) is 5.55. The highest BCUT2D eigenvalue weighted by Crippen LogP contribution is 2.25. The van der Waals surface area contributed by atoms with Crippen LogP contribution in [0.5, 0.6) is 5.75 Å². The molecular weight excluding hydrogens is 383 g/mol. The maximum absolute atomic E-state index is 12.0. The molecule has 4 nitrogen and oxygen atoms in total. The topological polar surface area (TPSA) is 62.1 Å². The highest BCUT2D eigenvalue weighted by atomic mass is 35.5. The molecule has 3 aromatic carbocycles. The fraction of sp³-hybridized carbons (Fsp3) is 0.0476. The number of halogens is 2. The van der Waals surface area contributed by atoms with E-state index in [0.717, 1.165) is 11.1 Å². The molecule has 0 saturated carbocycles. The van der Waals surface area contributed by atoms with Gasteiger partial charge in [0.2, 0.25) is 0 Å². The van der Waals surface area contributed by atoms with Gasteiger partial charge < -0.3 is 10.1 Å². The standard InChI is InChI=1S/C21H14Cl2N2O2/c22-19-10-7-17(11-20(19)23)25-21(26)13-27-18-8-5-16(6-9-18)15-3-1-14(12-24)2-4-15/h1-11H,13H2,(H,25,26). The molecule has 0 aromatic heterocycles. The summed E-state index contributed by atoms with van der Waals surface area (Å²) in [6, 6.07) is 21.6. The Morgan fingerprint density at radius 3 is 2.15 bits per heavy atom. The maximum atomic E-state index is 12.0. The second-order valence-electron chi connectivity index (χ2n) is 5.68. The fourth-order valence-corrected chi connectivity index (χ4v) is 2.70.